The van der Waals surface area contributed by atoms with E-state index >= 15 is 0 Å². The lowest BCUT2D eigenvalue weighted by molar-refractivity contribution is -0.138. The van der Waals surface area contributed by atoms with Crippen molar-refractivity contribution in [2.75, 3.05) is 0 Å². The minimum absolute atomic E-state index is 0.237. The number of carbonyl (C=O) groups excluding carboxylic acids is 1. The van der Waals surface area contributed by atoms with Gasteiger partial charge in [-0.15, -0.1) is 0 Å². The molecule has 0 saturated carbocycles. The van der Waals surface area contributed by atoms with Crippen LogP contribution in [-0.4, -0.2) is 15.7 Å². The van der Waals surface area contributed by atoms with Crippen LogP contribution < -0.4 is 11.3 Å². The summed E-state index contributed by atoms with van der Waals surface area (Å²) in [5, 5.41) is 3.55. The maximum absolute atomic E-state index is 12.4. The molecule has 1 amide bonds. The van der Waals surface area contributed by atoms with Gasteiger partial charge < -0.3 is 0 Å². The number of carbonyl (C=O) groups is 1. The molecule has 1 atom stereocenters. The van der Waals surface area contributed by atoms with Crippen LogP contribution in [0.2, 0.25) is 0 Å². The first-order valence-electron chi connectivity index (χ1n) is 4.89. The molecule has 0 aromatic carbocycles. The maximum Gasteiger partial charge on any atom is 0.419 e. The van der Waals surface area contributed by atoms with Crippen LogP contribution in [0.25, 0.3) is 0 Å². The number of hydrogen-bond donors (Lipinski definition) is 2. The molecule has 5 nitrogen and oxygen atoms in total. The van der Waals surface area contributed by atoms with Crippen LogP contribution in [0.5, 0.6) is 0 Å². The van der Waals surface area contributed by atoms with E-state index in [2.05, 4.69) is 5.10 Å². The van der Waals surface area contributed by atoms with E-state index in [9.17, 15) is 18.0 Å². The summed E-state index contributed by atoms with van der Waals surface area (Å²) in [7, 11) is 0. The Balaban J connectivity index is 3.05. The Bertz CT molecular complexity index is 399. The average molecular weight is 250 g/mol. The van der Waals surface area contributed by atoms with E-state index in [1.807, 2.05) is 5.43 Å². The number of amides is 1. The van der Waals surface area contributed by atoms with Crippen LogP contribution in [-0.2, 0) is 11.0 Å². The fraction of sp³-hybridized carbons (Fsp3) is 0.556. The van der Waals surface area contributed by atoms with Crippen molar-refractivity contribution in [3.8, 4) is 0 Å². The summed E-state index contributed by atoms with van der Waals surface area (Å²) in [5.41, 5.74) is 1.02. The Kier molecular flexibility index (Phi) is 3.76. The second-order valence-corrected chi connectivity index (χ2v) is 3.90. The smallest absolute Gasteiger partial charge is 0.292 e. The van der Waals surface area contributed by atoms with E-state index in [4.69, 9.17) is 5.84 Å². The minimum atomic E-state index is -4.47. The van der Waals surface area contributed by atoms with Crippen LogP contribution in [0.4, 0.5) is 13.2 Å². The molecule has 0 bridgehead atoms. The molecule has 0 spiro atoms. The highest BCUT2D eigenvalue weighted by Gasteiger charge is 2.34. The van der Waals surface area contributed by atoms with Crippen LogP contribution >= 0.6 is 0 Å². The zero-order valence-corrected chi connectivity index (χ0v) is 9.32. The average Bonchev–Trinajstić information content (AvgIpc) is 2.65. The van der Waals surface area contributed by atoms with Gasteiger partial charge in [0, 0.05) is 6.20 Å². The molecule has 3 N–H and O–H groups in total. The van der Waals surface area contributed by atoms with E-state index in [-0.39, 0.29) is 5.92 Å². The van der Waals surface area contributed by atoms with E-state index in [1.165, 1.54) is 0 Å². The van der Waals surface area contributed by atoms with E-state index in [0.717, 1.165) is 10.9 Å². The van der Waals surface area contributed by atoms with Crippen molar-refractivity contribution < 1.29 is 18.0 Å². The monoisotopic (exact) mass is 250 g/mol. The van der Waals surface area contributed by atoms with Gasteiger partial charge in [0.1, 0.15) is 6.04 Å². The molecule has 0 aliphatic carbocycles. The molecule has 1 aromatic rings. The molecule has 17 heavy (non-hydrogen) atoms. The number of hydrazine groups is 1. The number of nitrogens with one attached hydrogen (secondary N) is 1. The lowest BCUT2D eigenvalue weighted by atomic mass is 10.0. The molecular weight excluding hydrogens is 237 g/mol. The molecule has 0 radical (unpaired) electrons. The SMILES string of the molecule is CC(C)C(C(=O)NN)n1cc(C(F)(F)F)cn1. The summed E-state index contributed by atoms with van der Waals surface area (Å²) in [6.07, 6.45) is -3.00. The zero-order valence-electron chi connectivity index (χ0n) is 9.32. The van der Waals surface area contributed by atoms with Gasteiger partial charge in [-0.25, -0.2) is 5.84 Å². The van der Waals surface area contributed by atoms with Gasteiger partial charge in [-0.3, -0.25) is 14.9 Å². The maximum atomic E-state index is 12.4. The first-order valence-corrected chi connectivity index (χ1v) is 4.89. The Hall–Kier alpha value is -1.57. The van der Waals surface area contributed by atoms with Crippen molar-refractivity contribution in [1.82, 2.24) is 15.2 Å². The highest BCUT2D eigenvalue weighted by Crippen LogP contribution is 2.29. The fourth-order valence-electron chi connectivity index (χ4n) is 1.45. The van der Waals surface area contributed by atoms with Gasteiger partial charge in [0.2, 0.25) is 0 Å². The predicted molar refractivity (Wildman–Crippen MR) is 53.4 cm³/mol. The molecule has 0 fully saturated rings. The fourth-order valence-corrected chi connectivity index (χ4v) is 1.45. The highest BCUT2D eigenvalue weighted by molar-refractivity contribution is 5.79. The van der Waals surface area contributed by atoms with Gasteiger partial charge >= 0.3 is 6.18 Å². The first kappa shape index (κ1) is 13.5. The van der Waals surface area contributed by atoms with Crippen molar-refractivity contribution >= 4 is 5.91 Å². The topological polar surface area (TPSA) is 72.9 Å². The lowest BCUT2D eigenvalue weighted by Crippen LogP contribution is -2.39. The molecule has 1 unspecified atom stereocenters. The second-order valence-electron chi connectivity index (χ2n) is 3.90. The third kappa shape index (κ3) is 2.96. The van der Waals surface area contributed by atoms with Gasteiger partial charge in [0.25, 0.3) is 5.91 Å². The number of nitrogens with zero attached hydrogens (tertiary/aromatic N) is 2. The first-order chi connectivity index (χ1) is 7.77. The van der Waals surface area contributed by atoms with E-state index in [0.29, 0.717) is 6.20 Å². The molecule has 8 heteroatoms. The molecular formula is C9H13F3N4O. The molecule has 0 aliphatic heterocycles. The molecule has 0 saturated heterocycles. The highest BCUT2D eigenvalue weighted by atomic mass is 19.4. The van der Waals surface area contributed by atoms with Crippen molar-refractivity contribution in [2.24, 2.45) is 11.8 Å². The predicted octanol–water partition coefficient (Wildman–Crippen LogP) is 1.09. The van der Waals surface area contributed by atoms with Crippen molar-refractivity contribution in [3.63, 3.8) is 0 Å². The van der Waals surface area contributed by atoms with Crippen molar-refractivity contribution in [1.29, 1.82) is 0 Å². The molecule has 1 rings (SSSR count). The Morgan fingerprint density at radius 2 is 2.12 bits per heavy atom. The quantitative estimate of drug-likeness (QED) is 0.479. The lowest BCUT2D eigenvalue weighted by Gasteiger charge is -2.19. The summed E-state index contributed by atoms with van der Waals surface area (Å²) in [6, 6.07) is -0.865. The van der Waals surface area contributed by atoms with Crippen LogP contribution in [0.1, 0.15) is 25.5 Å². The summed E-state index contributed by atoms with van der Waals surface area (Å²) < 4.78 is 38.1. The third-order valence-corrected chi connectivity index (χ3v) is 2.26. The van der Waals surface area contributed by atoms with Crippen molar-refractivity contribution in [2.45, 2.75) is 26.1 Å². The van der Waals surface area contributed by atoms with Gasteiger partial charge in [0.05, 0.1) is 11.8 Å². The van der Waals surface area contributed by atoms with Crippen LogP contribution in [0.3, 0.4) is 0 Å². The number of hydrogen-bond acceptors (Lipinski definition) is 3. The van der Waals surface area contributed by atoms with Gasteiger partial charge in [0.15, 0.2) is 0 Å². The third-order valence-electron chi connectivity index (χ3n) is 2.26. The molecule has 1 aromatic heterocycles. The minimum Gasteiger partial charge on any atom is -0.292 e. The molecule has 0 aliphatic rings. The van der Waals surface area contributed by atoms with E-state index < -0.39 is 23.7 Å². The summed E-state index contributed by atoms with van der Waals surface area (Å²) >= 11 is 0. The Morgan fingerprint density at radius 3 is 2.47 bits per heavy atom. The number of alkyl halides is 3. The largest absolute Gasteiger partial charge is 0.419 e. The van der Waals surface area contributed by atoms with Gasteiger partial charge in [-0.1, -0.05) is 13.8 Å². The van der Waals surface area contributed by atoms with Crippen LogP contribution in [0.15, 0.2) is 12.4 Å². The number of halogens is 3. The summed E-state index contributed by atoms with van der Waals surface area (Å²) in [5.74, 6) is 4.15. The zero-order chi connectivity index (χ0) is 13.2. The molecule has 1 heterocycles. The summed E-state index contributed by atoms with van der Waals surface area (Å²) in [4.78, 5) is 11.4. The Labute approximate surface area is 95.7 Å². The summed E-state index contributed by atoms with van der Waals surface area (Å²) in [6.45, 7) is 3.38. The number of aromatic nitrogens is 2. The van der Waals surface area contributed by atoms with Crippen LogP contribution in [0, 0.1) is 5.92 Å². The molecule has 96 valence electrons. The number of rotatable bonds is 3. The standard InChI is InChI=1S/C9H13F3N4O/c1-5(2)7(8(17)15-13)16-4-6(3-14-16)9(10,11)12/h3-5,7H,13H2,1-2H3,(H,15,17). The van der Waals surface area contributed by atoms with Gasteiger partial charge in [-0.2, -0.15) is 18.3 Å². The van der Waals surface area contributed by atoms with Gasteiger partial charge in [-0.05, 0) is 5.92 Å². The van der Waals surface area contributed by atoms with Crippen molar-refractivity contribution in [3.05, 3.63) is 18.0 Å². The van der Waals surface area contributed by atoms with E-state index in [1.54, 1.807) is 13.8 Å². The Morgan fingerprint density at radius 1 is 1.53 bits per heavy atom. The second kappa shape index (κ2) is 4.74. The normalized spacial score (nSPS) is 13.8. The number of nitrogens with two attached hydrogens (primary N) is 1.